The van der Waals surface area contributed by atoms with Crippen molar-refractivity contribution < 1.29 is 14.3 Å². The highest BCUT2D eigenvalue weighted by Crippen LogP contribution is 2.33. The molecular weight excluding hydrogens is 398 g/mol. The van der Waals surface area contributed by atoms with Crippen LogP contribution in [0.4, 0.5) is 4.79 Å². The normalized spacial score (nSPS) is 15.8. The van der Waals surface area contributed by atoms with E-state index in [9.17, 15) is 9.59 Å². The molecule has 4 heterocycles. The largest absolute Gasteiger partial charge is 0.483 e. The van der Waals surface area contributed by atoms with E-state index in [1.165, 1.54) is 11.3 Å². The van der Waals surface area contributed by atoms with Gasteiger partial charge in [0.1, 0.15) is 12.3 Å². The molecule has 0 saturated carbocycles. The highest BCUT2D eigenvalue weighted by Gasteiger charge is 2.25. The van der Waals surface area contributed by atoms with Gasteiger partial charge in [-0.15, -0.1) is 0 Å². The van der Waals surface area contributed by atoms with Crippen LogP contribution in [0.25, 0.3) is 22.3 Å². The topological polar surface area (TPSA) is 88.8 Å². The summed E-state index contributed by atoms with van der Waals surface area (Å²) in [5.74, 6) is -0.402. The number of thiophene rings is 1. The zero-order valence-electron chi connectivity index (χ0n) is 15.2. The summed E-state index contributed by atoms with van der Waals surface area (Å²) in [6.07, 6.45) is 3.35. The molecule has 4 rings (SSSR count). The predicted octanol–water partition coefficient (Wildman–Crippen LogP) is 2.72. The number of aromatic nitrogens is 3. The Morgan fingerprint density at radius 1 is 1.25 bits per heavy atom. The lowest BCUT2D eigenvalue weighted by Crippen LogP contribution is -2.19. The van der Waals surface area contributed by atoms with E-state index in [-0.39, 0.29) is 5.24 Å². The molecule has 0 unspecified atom stereocenters. The van der Waals surface area contributed by atoms with Gasteiger partial charge in [-0.2, -0.15) is 5.10 Å². The smallest absolute Gasteiger partial charge is 0.290 e. The maximum absolute atomic E-state index is 11.7. The van der Waals surface area contributed by atoms with E-state index in [0.29, 0.717) is 22.9 Å². The van der Waals surface area contributed by atoms with E-state index < -0.39 is 5.91 Å². The van der Waals surface area contributed by atoms with Gasteiger partial charge in [0, 0.05) is 6.54 Å². The Hall–Kier alpha value is -2.69. The summed E-state index contributed by atoms with van der Waals surface area (Å²) in [5.41, 5.74) is 2.10. The van der Waals surface area contributed by atoms with E-state index in [0.717, 1.165) is 33.9 Å². The second kappa shape index (κ2) is 7.74. The number of hydrogen-bond acceptors (Lipinski definition) is 8. The Balaban J connectivity index is 1.60. The van der Waals surface area contributed by atoms with Crippen LogP contribution < -0.4 is 10.1 Å². The molecule has 0 spiro atoms. The van der Waals surface area contributed by atoms with Gasteiger partial charge >= 0.3 is 0 Å². The summed E-state index contributed by atoms with van der Waals surface area (Å²) in [6.45, 7) is 1.46. The predicted molar refractivity (Wildman–Crippen MR) is 109 cm³/mol. The number of nitrogens with zero attached hydrogens (tertiary/aromatic N) is 4. The minimum absolute atomic E-state index is 0.325. The molecule has 0 aliphatic carbocycles. The van der Waals surface area contributed by atoms with Crippen molar-refractivity contribution >= 4 is 46.0 Å². The van der Waals surface area contributed by atoms with Crippen LogP contribution in [0.2, 0.25) is 0 Å². The van der Waals surface area contributed by atoms with E-state index >= 15 is 0 Å². The quantitative estimate of drug-likeness (QED) is 0.619. The van der Waals surface area contributed by atoms with Gasteiger partial charge in [0.15, 0.2) is 10.7 Å². The van der Waals surface area contributed by atoms with Crippen LogP contribution in [0.3, 0.4) is 0 Å². The van der Waals surface area contributed by atoms with E-state index in [2.05, 4.69) is 20.3 Å². The van der Waals surface area contributed by atoms with Crippen LogP contribution in [0.5, 0.6) is 5.06 Å². The Bertz CT molecular complexity index is 1090. The molecule has 0 bridgehead atoms. The standard InChI is InChI=1S/C18H17N5O3S2/c1-22(2)7-8-26-16-6-4-13(27-16)12-10-19-15-5-3-11(21-23(12)15)9-14-17(24)20-18(25)28-14/h3-6,9-10H,7-8H2,1-2H3,(H,20,24,25)/b14-9-. The fourth-order valence-corrected chi connectivity index (χ4v) is 4.09. The molecule has 8 nitrogen and oxygen atoms in total. The van der Waals surface area contributed by atoms with Gasteiger partial charge in [-0.25, -0.2) is 9.50 Å². The molecule has 0 radical (unpaired) electrons. The maximum Gasteiger partial charge on any atom is 0.290 e. The number of hydrogen-bond donors (Lipinski definition) is 1. The average molecular weight is 416 g/mol. The first-order valence-corrected chi connectivity index (χ1v) is 10.1. The van der Waals surface area contributed by atoms with Crippen molar-refractivity contribution in [2.75, 3.05) is 27.2 Å². The van der Waals surface area contributed by atoms with Gasteiger partial charge in [-0.05, 0) is 56.2 Å². The van der Waals surface area contributed by atoms with Crippen LogP contribution in [0.1, 0.15) is 5.69 Å². The van der Waals surface area contributed by atoms with Crippen LogP contribution in [0, 0.1) is 0 Å². The minimum atomic E-state index is -0.402. The first-order valence-electron chi connectivity index (χ1n) is 8.47. The fourth-order valence-electron chi connectivity index (χ4n) is 2.55. The average Bonchev–Trinajstić information content (AvgIpc) is 3.33. The summed E-state index contributed by atoms with van der Waals surface area (Å²) < 4.78 is 7.50. The first kappa shape index (κ1) is 18.7. The van der Waals surface area contributed by atoms with Gasteiger partial charge in [-0.3, -0.25) is 14.9 Å². The molecule has 0 aromatic carbocycles. The lowest BCUT2D eigenvalue weighted by atomic mass is 10.3. The lowest BCUT2D eigenvalue weighted by Gasteiger charge is -2.09. The van der Waals surface area contributed by atoms with E-state index in [4.69, 9.17) is 4.74 Å². The zero-order valence-corrected chi connectivity index (χ0v) is 16.8. The number of thioether (sulfide) groups is 1. The van der Waals surface area contributed by atoms with Crippen molar-refractivity contribution in [1.29, 1.82) is 0 Å². The summed E-state index contributed by atoms with van der Waals surface area (Å²) in [5, 5.41) is 7.26. The molecular formula is C18H17N5O3S2. The van der Waals surface area contributed by atoms with Gasteiger partial charge in [0.25, 0.3) is 11.1 Å². The molecule has 1 N–H and O–H groups in total. The monoisotopic (exact) mass is 415 g/mol. The summed E-state index contributed by atoms with van der Waals surface area (Å²) >= 11 is 2.39. The molecule has 0 atom stereocenters. The molecule has 28 heavy (non-hydrogen) atoms. The lowest BCUT2D eigenvalue weighted by molar-refractivity contribution is -0.115. The van der Waals surface area contributed by atoms with Crippen LogP contribution in [0.15, 0.2) is 35.4 Å². The number of rotatable bonds is 6. The second-order valence-electron chi connectivity index (χ2n) is 6.29. The molecule has 1 aliphatic heterocycles. The van der Waals surface area contributed by atoms with E-state index in [1.807, 2.05) is 32.3 Å². The Morgan fingerprint density at radius 3 is 2.86 bits per heavy atom. The first-order chi connectivity index (χ1) is 13.5. The number of carbonyl (C=O) groups is 2. The van der Waals surface area contributed by atoms with Crippen molar-refractivity contribution in [1.82, 2.24) is 24.8 Å². The van der Waals surface area contributed by atoms with Gasteiger partial charge in [-0.1, -0.05) is 11.3 Å². The maximum atomic E-state index is 11.7. The minimum Gasteiger partial charge on any atom is -0.483 e. The second-order valence-corrected chi connectivity index (χ2v) is 8.36. The SMILES string of the molecule is CN(C)CCOc1ccc(-c2cnc3ccc(/C=C4\SC(=O)NC4=O)nn23)s1. The fraction of sp³-hybridized carbons (Fsp3) is 0.222. The number of carbonyl (C=O) groups excluding carboxylic acids is 2. The third-order valence-electron chi connectivity index (χ3n) is 3.92. The summed E-state index contributed by atoms with van der Waals surface area (Å²) in [4.78, 5) is 30.8. The van der Waals surface area contributed by atoms with Crippen LogP contribution in [-0.2, 0) is 4.79 Å². The van der Waals surface area contributed by atoms with Crippen molar-refractivity contribution in [2.24, 2.45) is 0 Å². The molecule has 144 valence electrons. The third-order valence-corrected chi connectivity index (χ3v) is 5.75. The number of likely N-dealkylation sites (N-methyl/N-ethyl adjacent to an activating group) is 1. The molecule has 3 aromatic rings. The van der Waals surface area contributed by atoms with Crippen molar-refractivity contribution in [3.8, 4) is 15.6 Å². The van der Waals surface area contributed by atoms with Crippen LogP contribution >= 0.6 is 23.1 Å². The molecule has 1 saturated heterocycles. The van der Waals surface area contributed by atoms with Crippen molar-refractivity contribution in [2.45, 2.75) is 0 Å². The zero-order chi connectivity index (χ0) is 19.7. The number of ether oxygens (including phenoxy) is 1. The van der Waals surface area contributed by atoms with Crippen molar-refractivity contribution in [3.05, 3.63) is 41.1 Å². The molecule has 2 amide bonds. The Labute approximate surface area is 169 Å². The summed E-state index contributed by atoms with van der Waals surface area (Å²) in [7, 11) is 4.01. The molecule has 10 heteroatoms. The molecule has 1 aliphatic rings. The summed E-state index contributed by atoms with van der Waals surface area (Å²) in [6, 6.07) is 7.50. The molecule has 3 aromatic heterocycles. The number of nitrogens with one attached hydrogen (secondary N) is 1. The van der Waals surface area contributed by atoms with E-state index in [1.54, 1.807) is 22.9 Å². The number of amides is 2. The number of imide groups is 1. The molecule has 1 fully saturated rings. The number of imidazole rings is 1. The van der Waals surface area contributed by atoms with Gasteiger partial charge in [0.05, 0.1) is 21.7 Å². The van der Waals surface area contributed by atoms with Gasteiger partial charge in [0.2, 0.25) is 0 Å². The van der Waals surface area contributed by atoms with Gasteiger partial charge < -0.3 is 9.64 Å². The van der Waals surface area contributed by atoms with Crippen LogP contribution in [-0.4, -0.2) is 57.9 Å². The Morgan fingerprint density at radius 2 is 2.11 bits per heavy atom. The highest BCUT2D eigenvalue weighted by atomic mass is 32.2. The Kier molecular flexibility index (Phi) is 5.16. The third kappa shape index (κ3) is 3.93. The number of fused-ring (bicyclic) bond motifs is 1. The van der Waals surface area contributed by atoms with Crippen molar-refractivity contribution in [3.63, 3.8) is 0 Å². The highest BCUT2D eigenvalue weighted by molar-refractivity contribution is 8.18.